The molecule has 0 aliphatic carbocycles. The molecule has 1 aliphatic rings. The minimum Gasteiger partial charge on any atom is -0.465 e. The summed E-state index contributed by atoms with van der Waals surface area (Å²) in [5, 5.41) is 0. The summed E-state index contributed by atoms with van der Waals surface area (Å²) in [6, 6.07) is -0.506. The van der Waals surface area contributed by atoms with Gasteiger partial charge in [-0.25, -0.2) is 0 Å². The van der Waals surface area contributed by atoms with E-state index in [1.807, 2.05) is 0 Å². The number of piperazine rings is 1. The van der Waals surface area contributed by atoms with Crippen molar-refractivity contribution in [2.45, 2.75) is 19.9 Å². The fourth-order valence-corrected chi connectivity index (χ4v) is 1.89. The molecule has 0 aromatic carbocycles. The van der Waals surface area contributed by atoms with Gasteiger partial charge in [0.05, 0.1) is 6.61 Å². The van der Waals surface area contributed by atoms with Gasteiger partial charge in [0.25, 0.3) is 0 Å². The number of esters is 1. The van der Waals surface area contributed by atoms with E-state index in [4.69, 9.17) is 10.5 Å². The second kappa shape index (κ2) is 6.83. The normalized spacial score (nSPS) is 20.7. The number of carbonyl (C=O) groups is 1. The Kier molecular flexibility index (Phi) is 5.73. The van der Waals surface area contributed by atoms with Gasteiger partial charge in [-0.1, -0.05) is 6.92 Å². The first-order valence-corrected chi connectivity index (χ1v) is 6.04. The molecular formula is C11H23N3O2. The molecule has 5 heteroatoms. The van der Waals surface area contributed by atoms with Gasteiger partial charge in [0.15, 0.2) is 0 Å². The van der Waals surface area contributed by atoms with Crippen molar-refractivity contribution in [1.29, 1.82) is 0 Å². The average molecular weight is 229 g/mol. The maximum atomic E-state index is 11.4. The highest BCUT2D eigenvalue weighted by Gasteiger charge is 2.21. The summed E-state index contributed by atoms with van der Waals surface area (Å²) in [6.07, 6.45) is 0. The molecule has 0 amide bonds. The summed E-state index contributed by atoms with van der Waals surface area (Å²) in [6.45, 7) is 10.2. The van der Waals surface area contributed by atoms with Crippen LogP contribution in [-0.4, -0.2) is 67.7 Å². The van der Waals surface area contributed by atoms with Crippen LogP contribution in [0.25, 0.3) is 0 Å². The number of likely N-dealkylation sites (N-methyl/N-ethyl adjacent to an activating group) is 1. The lowest BCUT2D eigenvalue weighted by Crippen LogP contribution is -2.51. The lowest BCUT2D eigenvalue weighted by atomic mass is 10.2. The van der Waals surface area contributed by atoms with E-state index in [1.165, 1.54) is 0 Å². The summed E-state index contributed by atoms with van der Waals surface area (Å²) >= 11 is 0. The molecule has 0 aromatic rings. The van der Waals surface area contributed by atoms with Crippen LogP contribution in [0.5, 0.6) is 0 Å². The molecule has 1 aliphatic heterocycles. The molecule has 94 valence electrons. The van der Waals surface area contributed by atoms with Crippen LogP contribution in [-0.2, 0) is 9.53 Å². The third-order valence-corrected chi connectivity index (χ3v) is 2.96. The zero-order valence-electron chi connectivity index (χ0n) is 10.3. The molecule has 0 spiro atoms. The van der Waals surface area contributed by atoms with Gasteiger partial charge in [-0.05, 0) is 13.5 Å². The Hall–Kier alpha value is -0.650. The monoisotopic (exact) mass is 229 g/mol. The number of nitrogens with two attached hydrogens (primary N) is 1. The molecule has 0 aromatic heterocycles. The molecule has 0 radical (unpaired) electrons. The Morgan fingerprint density at radius 3 is 2.31 bits per heavy atom. The van der Waals surface area contributed by atoms with Crippen molar-refractivity contribution in [3.8, 4) is 0 Å². The highest BCUT2D eigenvalue weighted by molar-refractivity contribution is 5.75. The third-order valence-electron chi connectivity index (χ3n) is 2.96. The number of nitrogens with zero attached hydrogens (tertiary/aromatic N) is 2. The molecule has 1 rings (SSSR count). The number of ether oxygens (including phenoxy) is 1. The Morgan fingerprint density at radius 2 is 1.81 bits per heavy atom. The minimum absolute atomic E-state index is 0.291. The van der Waals surface area contributed by atoms with E-state index in [0.717, 1.165) is 32.7 Å². The largest absolute Gasteiger partial charge is 0.465 e. The smallest absolute Gasteiger partial charge is 0.324 e. The van der Waals surface area contributed by atoms with Gasteiger partial charge in [-0.2, -0.15) is 0 Å². The molecule has 2 N–H and O–H groups in total. The predicted molar refractivity (Wildman–Crippen MR) is 63.2 cm³/mol. The zero-order chi connectivity index (χ0) is 12.0. The molecule has 1 saturated heterocycles. The molecule has 5 nitrogen and oxygen atoms in total. The molecule has 0 saturated carbocycles. The molecule has 1 fully saturated rings. The van der Waals surface area contributed by atoms with Crippen LogP contribution in [0.15, 0.2) is 0 Å². The number of carbonyl (C=O) groups excluding carboxylic acids is 1. The van der Waals surface area contributed by atoms with Crippen molar-refractivity contribution < 1.29 is 9.53 Å². The van der Waals surface area contributed by atoms with Gasteiger partial charge in [0.1, 0.15) is 6.04 Å². The van der Waals surface area contributed by atoms with Crippen LogP contribution in [0, 0.1) is 0 Å². The van der Waals surface area contributed by atoms with Gasteiger partial charge in [-0.3, -0.25) is 9.69 Å². The number of hydrogen-bond acceptors (Lipinski definition) is 5. The first-order chi connectivity index (χ1) is 7.67. The molecule has 1 unspecified atom stereocenters. The van der Waals surface area contributed by atoms with E-state index in [0.29, 0.717) is 13.2 Å². The van der Waals surface area contributed by atoms with Crippen LogP contribution >= 0.6 is 0 Å². The summed E-state index contributed by atoms with van der Waals surface area (Å²) in [7, 11) is 0. The highest BCUT2D eigenvalue weighted by Crippen LogP contribution is 2.02. The van der Waals surface area contributed by atoms with Gasteiger partial charge >= 0.3 is 5.97 Å². The Bertz CT molecular complexity index is 215. The average Bonchev–Trinajstić information content (AvgIpc) is 2.30. The van der Waals surface area contributed by atoms with Crippen molar-refractivity contribution in [2.24, 2.45) is 5.73 Å². The van der Waals surface area contributed by atoms with Gasteiger partial charge < -0.3 is 15.4 Å². The van der Waals surface area contributed by atoms with E-state index >= 15 is 0 Å². The van der Waals surface area contributed by atoms with Crippen molar-refractivity contribution in [3.05, 3.63) is 0 Å². The highest BCUT2D eigenvalue weighted by atomic mass is 16.5. The van der Waals surface area contributed by atoms with Crippen molar-refractivity contribution in [3.63, 3.8) is 0 Å². The van der Waals surface area contributed by atoms with Crippen molar-refractivity contribution >= 4 is 5.97 Å². The van der Waals surface area contributed by atoms with E-state index < -0.39 is 6.04 Å². The van der Waals surface area contributed by atoms with Crippen molar-refractivity contribution in [2.75, 3.05) is 45.9 Å². The van der Waals surface area contributed by atoms with Crippen LogP contribution in [0.2, 0.25) is 0 Å². The summed E-state index contributed by atoms with van der Waals surface area (Å²) in [5.41, 5.74) is 5.77. The molecular weight excluding hydrogens is 206 g/mol. The quantitative estimate of drug-likeness (QED) is 0.645. The summed E-state index contributed by atoms with van der Waals surface area (Å²) in [5.74, 6) is -0.291. The topological polar surface area (TPSA) is 58.8 Å². The van der Waals surface area contributed by atoms with Gasteiger partial charge in [-0.15, -0.1) is 0 Å². The zero-order valence-corrected chi connectivity index (χ0v) is 10.3. The fraction of sp³-hybridized carbons (Fsp3) is 0.909. The molecule has 1 atom stereocenters. The van der Waals surface area contributed by atoms with E-state index in [9.17, 15) is 4.79 Å². The van der Waals surface area contributed by atoms with E-state index in [-0.39, 0.29) is 5.97 Å². The minimum atomic E-state index is -0.506. The molecule has 1 heterocycles. The standard InChI is InChI=1S/C11H23N3O2/c1-3-13-5-7-14(8-6-13)9-10(12)11(15)16-4-2/h10H,3-9,12H2,1-2H3. The fourth-order valence-electron chi connectivity index (χ4n) is 1.89. The third kappa shape index (κ3) is 4.08. The maximum absolute atomic E-state index is 11.4. The van der Waals surface area contributed by atoms with Crippen molar-refractivity contribution in [1.82, 2.24) is 9.80 Å². The van der Waals surface area contributed by atoms with Gasteiger partial charge in [0, 0.05) is 32.7 Å². The molecule has 16 heavy (non-hydrogen) atoms. The van der Waals surface area contributed by atoms with Crippen LogP contribution < -0.4 is 5.73 Å². The Balaban J connectivity index is 2.25. The Morgan fingerprint density at radius 1 is 1.25 bits per heavy atom. The van der Waals surface area contributed by atoms with E-state index in [1.54, 1.807) is 6.92 Å². The first kappa shape index (κ1) is 13.4. The second-order valence-corrected chi connectivity index (χ2v) is 4.09. The number of hydrogen-bond donors (Lipinski definition) is 1. The lowest BCUT2D eigenvalue weighted by Gasteiger charge is -2.34. The van der Waals surface area contributed by atoms with E-state index in [2.05, 4.69) is 16.7 Å². The number of rotatable bonds is 5. The maximum Gasteiger partial charge on any atom is 0.324 e. The van der Waals surface area contributed by atoms with Crippen LogP contribution in [0.1, 0.15) is 13.8 Å². The van der Waals surface area contributed by atoms with Crippen LogP contribution in [0.3, 0.4) is 0 Å². The second-order valence-electron chi connectivity index (χ2n) is 4.09. The molecule has 0 bridgehead atoms. The summed E-state index contributed by atoms with van der Waals surface area (Å²) in [4.78, 5) is 16.0. The Labute approximate surface area is 97.5 Å². The SMILES string of the molecule is CCOC(=O)C(N)CN1CCN(CC)CC1. The van der Waals surface area contributed by atoms with Crippen LogP contribution in [0.4, 0.5) is 0 Å². The predicted octanol–water partition coefficient (Wildman–Crippen LogP) is -0.486. The first-order valence-electron chi connectivity index (χ1n) is 6.04. The van der Waals surface area contributed by atoms with Gasteiger partial charge in [0.2, 0.25) is 0 Å². The lowest BCUT2D eigenvalue weighted by molar-refractivity contribution is -0.145. The summed E-state index contributed by atoms with van der Waals surface area (Å²) < 4.78 is 4.89.